The lowest BCUT2D eigenvalue weighted by Crippen LogP contribution is -2.53. The van der Waals surface area contributed by atoms with Crippen LogP contribution in [0.1, 0.15) is 57.6 Å². The molecule has 0 saturated carbocycles. The molecule has 3 amide bonds. The second-order valence-electron chi connectivity index (χ2n) is 11.6. The Morgan fingerprint density at radius 3 is 2.00 bits per heavy atom. The summed E-state index contributed by atoms with van der Waals surface area (Å²) in [6.07, 6.45) is 2.07. The molecule has 8 heteroatoms. The quantitative estimate of drug-likeness (QED) is 0.555. The minimum absolute atomic E-state index is 0.000532. The molecule has 1 N–H and O–H groups in total. The summed E-state index contributed by atoms with van der Waals surface area (Å²) in [5, 5.41) is 3.23. The number of rotatable bonds is 6. The van der Waals surface area contributed by atoms with Gasteiger partial charge in [-0.15, -0.1) is 0 Å². The van der Waals surface area contributed by atoms with Crippen LogP contribution in [-0.4, -0.2) is 66.2 Å². The van der Waals surface area contributed by atoms with Gasteiger partial charge in [-0.3, -0.25) is 4.79 Å². The maximum absolute atomic E-state index is 13.7. The first kappa shape index (κ1) is 28.5. The Bertz CT molecular complexity index is 1100. The lowest BCUT2D eigenvalue weighted by atomic mass is 9.72. The Balaban J connectivity index is 1.32. The second-order valence-corrected chi connectivity index (χ2v) is 11.6. The lowest BCUT2D eigenvalue weighted by Gasteiger charge is -2.41. The average Bonchev–Trinajstić information content (AvgIpc) is 2.95. The molecule has 39 heavy (non-hydrogen) atoms. The van der Waals surface area contributed by atoms with Gasteiger partial charge >= 0.3 is 12.2 Å². The Morgan fingerprint density at radius 1 is 0.846 bits per heavy atom. The van der Waals surface area contributed by atoms with E-state index in [-0.39, 0.29) is 24.7 Å². The van der Waals surface area contributed by atoms with Crippen molar-refractivity contribution < 1.29 is 23.9 Å². The molecule has 0 spiro atoms. The number of carbonyl (C=O) groups excluding carboxylic acids is 3. The van der Waals surface area contributed by atoms with Crippen molar-refractivity contribution in [3.8, 4) is 0 Å². The number of likely N-dealkylation sites (tertiary alicyclic amines) is 2. The summed E-state index contributed by atoms with van der Waals surface area (Å²) in [6, 6.07) is 19.5. The molecule has 0 aliphatic carbocycles. The lowest BCUT2D eigenvalue weighted by molar-refractivity contribution is -0.129. The number of benzene rings is 2. The summed E-state index contributed by atoms with van der Waals surface area (Å²) < 4.78 is 11.0. The van der Waals surface area contributed by atoms with Crippen LogP contribution >= 0.6 is 0 Å². The predicted octanol–water partition coefficient (Wildman–Crippen LogP) is 5.12. The van der Waals surface area contributed by atoms with Crippen LogP contribution in [0.25, 0.3) is 0 Å². The van der Waals surface area contributed by atoms with Crippen molar-refractivity contribution >= 4 is 18.1 Å². The number of ether oxygens (including phenoxy) is 2. The number of nitrogens with one attached hydrogen (secondary N) is 1. The van der Waals surface area contributed by atoms with Crippen LogP contribution < -0.4 is 5.32 Å². The van der Waals surface area contributed by atoms with Crippen LogP contribution in [0.4, 0.5) is 9.59 Å². The van der Waals surface area contributed by atoms with Crippen LogP contribution in [-0.2, 0) is 26.3 Å². The molecule has 2 fully saturated rings. The van der Waals surface area contributed by atoms with Gasteiger partial charge in [0, 0.05) is 32.7 Å². The molecule has 0 aromatic heterocycles. The molecule has 4 rings (SSSR count). The molecule has 8 nitrogen and oxygen atoms in total. The highest BCUT2D eigenvalue weighted by atomic mass is 16.6. The normalized spacial score (nSPS) is 17.8. The molecule has 2 aliphatic heterocycles. The number of amides is 3. The highest BCUT2D eigenvalue weighted by Gasteiger charge is 2.44. The highest BCUT2D eigenvalue weighted by Crippen LogP contribution is 2.36. The van der Waals surface area contributed by atoms with Crippen molar-refractivity contribution in [3.63, 3.8) is 0 Å². The zero-order valence-electron chi connectivity index (χ0n) is 23.4. The van der Waals surface area contributed by atoms with Crippen LogP contribution in [0.5, 0.6) is 0 Å². The molecule has 0 atom stereocenters. The Kier molecular flexibility index (Phi) is 9.15. The first-order valence-corrected chi connectivity index (χ1v) is 13.9. The summed E-state index contributed by atoms with van der Waals surface area (Å²) >= 11 is 0. The van der Waals surface area contributed by atoms with Gasteiger partial charge in [0.15, 0.2) is 0 Å². The van der Waals surface area contributed by atoms with Crippen molar-refractivity contribution in [2.45, 2.75) is 64.1 Å². The largest absolute Gasteiger partial charge is 0.445 e. The van der Waals surface area contributed by atoms with Gasteiger partial charge in [-0.05, 0) is 63.5 Å². The predicted molar refractivity (Wildman–Crippen MR) is 149 cm³/mol. The van der Waals surface area contributed by atoms with Crippen molar-refractivity contribution in [1.29, 1.82) is 0 Å². The molecule has 0 unspecified atom stereocenters. The standard InChI is InChI=1S/C31H41N3O5/c1-30(2,3)39-29(37)33-18-14-24(15-19-33)22-32-27(35)31(26-12-8-5-9-13-26)16-20-34(21-17-31)28(36)38-23-25-10-6-4-7-11-25/h4-13,24H,14-23H2,1-3H3,(H,32,35). The second kappa shape index (κ2) is 12.5. The summed E-state index contributed by atoms with van der Waals surface area (Å²) in [5.41, 5.74) is 0.702. The van der Waals surface area contributed by atoms with Gasteiger partial charge in [0.25, 0.3) is 0 Å². The molecule has 2 saturated heterocycles. The SMILES string of the molecule is CC(C)(C)OC(=O)N1CCC(CNC(=O)C2(c3ccccc3)CCN(C(=O)OCc3ccccc3)CC2)CC1. The highest BCUT2D eigenvalue weighted by molar-refractivity contribution is 5.88. The van der Waals surface area contributed by atoms with E-state index in [0.717, 1.165) is 24.0 Å². The van der Waals surface area contributed by atoms with Crippen molar-refractivity contribution in [2.75, 3.05) is 32.7 Å². The molecule has 2 heterocycles. The number of hydrogen-bond acceptors (Lipinski definition) is 5. The zero-order chi connectivity index (χ0) is 27.9. The van der Waals surface area contributed by atoms with Gasteiger partial charge in [-0.2, -0.15) is 0 Å². The van der Waals surface area contributed by atoms with E-state index in [1.54, 1.807) is 9.80 Å². The van der Waals surface area contributed by atoms with Crippen LogP contribution in [0.2, 0.25) is 0 Å². The van der Waals surface area contributed by atoms with Crippen LogP contribution in [0.15, 0.2) is 60.7 Å². The van der Waals surface area contributed by atoms with Crippen molar-refractivity contribution in [2.24, 2.45) is 5.92 Å². The number of piperidine rings is 2. The smallest absolute Gasteiger partial charge is 0.410 e. The van der Waals surface area contributed by atoms with E-state index in [4.69, 9.17) is 9.47 Å². The number of hydrogen-bond donors (Lipinski definition) is 1. The first-order valence-electron chi connectivity index (χ1n) is 13.9. The first-order chi connectivity index (χ1) is 18.7. The third kappa shape index (κ3) is 7.52. The minimum atomic E-state index is -0.700. The fourth-order valence-corrected chi connectivity index (χ4v) is 5.34. The molecule has 210 valence electrons. The number of nitrogens with zero attached hydrogens (tertiary/aromatic N) is 2. The van der Waals surface area contributed by atoms with Gasteiger partial charge in [0.2, 0.25) is 5.91 Å². The maximum atomic E-state index is 13.7. The monoisotopic (exact) mass is 535 g/mol. The molecule has 2 aromatic rings. The van der Waals surface area contributed by atoms with E-state index in [1.165, 1.54) is 0 Å². The Morgan fingerprint density at radius 2 is 1.41 bits per heavy atom. The Labute approximate surface area is 231 Å². The van der Waals surface area contributed by atoms with Crippen LogP contribution in [0, 0.1) is 5.92 Å². The van der Waals surface area contributed by atoms with Gasteiger partial charge < -0.3 is 24.6 Å². The van der Waals surface area contributed by atoms with Gasteiger partial charge in [-0.1, -0.05) is 60.7 Å². The number of carbonyl (C=O) groups is 3. The van der Waals surface area contributed by atoms with Crippen LogP contribution in [0.3, 0.4) is 0 Å². The fourth-order valence-electron chi connectivity index (χ4n) is 5.34. The van der Waals surface area contributed by atoms with E-state index in [0.29, 0.717) is 51.5 Å². The maximum Gasteiger partial charge on any atom is 0.410 e. The van der Waals surface area contributed by atoms with Gasteiger partial charge in [0.1, 0.15) is 12.2 Å². The van der Waals surface area contributed by atoms with E-state index in [2.05, 4.69) is 5.32 Å². The van der Waals surface area contributed by atoms with E-state index < -0.39 is 11.0 Å². The molecule has 2 aromatic carbocycles. The van der Waals surface area contributed by atoms with E-state index in [1.807, 2.05) is 81.4 Å². The molecular formula is C31H41N3O5. The summed E-state index contributed by atoms with van der Waals surface area (Å²) in [6.45, 7) is 8.55. The molecule has 2 aliphatic rings. The van der Waals surface area contributed by atoms with E-state index >= 15 is 0 Å². The van der Waals surface area contributed by atoms with Crippen molar-refractivity contribution in [1.82, 2.24) is 15.1 Å². The summed E-state index contributed by atoms with van der Waals surface area (Å²) in [7, 11) is 0. The zero-order valence-corrected chi connectivity index (χ0v) is 23.4. The summed E-state index contributed by atoms with van der Waals surface area (Å²) in [4.78, 5) is 42.3. The molecule has 0 bridgehead atoms. The third-order valence-electron chi connectivity index (χ3n) is 7.66. The molecule has 0 radical (unpaired) electrons. The summed E-state index contributed by atoms with van der Waals surface area (Å²) in [5.74, 6) is 0.300. The van der Waals surface area contributed by atoms with Crippen molar-refractivity contribution in [3.05, 3.63) is 71.8 Å². The minimum Gasteiger partial charge on any atom is -0.445 e. The third-order valence-corrected chi connectivity index (χ3v) is 7.66. The average molecular weight is 536 g/mol. The topological polar surface area (TPSA) is 88.2 Å². The fraction of sp³-hybridized carbons (Fsp3) is 0.516. The molecular weight excluding hydrogens is 494 g/mol. The van der Waals surface area contributed by atoms with Gasteiger partial charge in [-0.25, -0.2) is 9.59 Å². The van der Waals surface area contributed by atoms with Gasteiger partial charge in [0.05, 0.1) is 5.41 Å². The van der Waals surface area contributed by atoms with E-state index in [9.17, 15) is 14.4 Å². The Hall–Kier alpha value is -3.55.